The van der Waals surface area contributed by atoms with Gasteiger partial charge in [0.15, 0.2) is 0 Å². The van der Waals surface area contributed by atoms with Gasteiger partial charge in [-0.05, 0) is 19.3 Å². The van der Waals surface area contributed by atoms with E-state index in [1.54, 1.807) is 14.0 Å². The minimum Gasteiger partial charge on any atom is -0.478 e. The monoisotopic (exact) mass is 265 g/mol. The van der Waals surface area contributed by atoms with Gasteiger partial charge in [0, 0.05) is 26.4 Å². The Balaban J connectivity index is 2.18. The molecule has 6 heteroatoms. The Labute approximate surface area is 112 Å². The summed E-state index contributed by atoms with van der Waals surface area (Å²) < 4.78 is 5.46. The number of carbonyl (C=O) groups is 1. The maximum absolute atomic E-state index is 10.9. The fraction of sp³-hybridized carbons (Fsp3) is 0.615. The van der Waals surface area contributed by atoms with E-state index in [2.05, 4.69) is 16.9 Å². The van der Waals surface area contributed by atoms with Crippen molar-refractivity contribution in [3.05, 3.63) is 17.5 Å². The van der Waals surface area contributed by atoms with Gasteiger partial charge in [-0.25, -0.2) is 14.8 Å². The van der Waals surface area contributed by atoms with Crippen molar-refractivity contribution < 1.29 is 14.6 Å². The van der Waals surface area contributed by atoms with E-state index in [0.717, 1.165) is 19.5 Å². The first-order valence-electron chi connectivity index (χ1n) is 6.37. The molecule has 1 aliphatic rings. The number of carboxylic acids is 1. The predicted octanol–water partition coefficient (Wildman–Crippen LogP) is 1.34. The molecule has 1 aromatic heterocycles. The van der Waals surface area contributed by atoms with E-state index in [9.17, 15) is 4.79 Å². The molecule has 19 heavy (non-hydrogen) atoms. The minimum atomic E-state index is -0.994. The molecular weight excluding hydrogens is 246 g/mol. The summed E-state index contributed by atoms with van der Waals surface area (Å²) in [6.45, 7) is 5.47. The molecular formula is C13H19N3O3. The van der Waals surface area contributed by atoms with Gasteiger partial charge >= 0.3 is 5.97 Å². The van der Waals surface area contributed by atoms with Crippen molar-refractivity contribution >= 4 is 11.9 Å². The molecule has 2 atom stereocenters. The summed E-state index contributed by atoms with van der Waals surface area (Å²) in [5, 5.41) is 8.97. The fourth-order valence-corrected chi connectivity index (χ4v) is 2.34. The largest absolute Gasteiger partial charge is 0.478 e. The third kappa shape index (κ3) is 2.84. The summed E-state index contributed by atoms with van der Waals surface area (Å²) in [4.78, 5) is 21.4. The standard InChI is InChI=1S/C13H19N3O3/c1-8-4-5-16(7-11(8)19-3)13-14-6-10(12(17)18)9(2)15-13/h6,8,11H,4-5,7H2,1-3H3,(H,17,18). The van der Waals surface area contributed by atoms with E-state index in [-0.39, 0.29) is 11.7 Å². The zero-order valence-electron chi connectivity index (χ0n) is 11.5. The van der Waals surface area contributed by atoms with Crippen molar-refractivity contribution in [2.45, 2.75) is 26.4 Å². The van der Waals surface area contributed by atoms with E-state index in [1.165, 1.54) is 6.20 Å². The van der Waals surface area contributed by atoms with E-state index >= 15 is 0 Å². The van der Waals surface area contributed by atoms with E-state index < -0.39 is 5.97 Å². The summed E-state index contributed by atoms with van der Waals surface area (Å²) >= 11 is 0. The van der Waals surface area contributed by atoms with Crippen molar-refractivity contribution in [2.24, 2.45) is 5.92 Å². The summed E-state index contributed by atoms with van der Waals surface area (Å²) in [5.74, 6) is 0.100. The van der Waals surface area contributed by atoms with Crippen LogP contribution in [0.15, 0.2) is 6.20 Å². The summed E-state index contributed by atoms with van der Waals surface area (Å²) in [7, 11) is 1.71. The molecule has 2 rings (SSSR count). The number of nitrogens with zero attached hydrogens (tertiary/aromatic N) is 3. The molecule has 6 nitrogen and oxygen atoms in total. The zero-order valence-corrected chi connectivity index (χ0v) is 11.5. The number of carboxylic acid groups (broad SMARTS) is 1. The normalized spacial score (nSPS) is 23.4. The van der Waals surface area contributed by atoms with Gasteiger partial charge in [0.25, 0.3) is 0 Å². The Kier molecular flexibility index (Phi) is 3.99. The molecule has 1 fully saturated rings. The quantitative estimate of drug-likeness (QED) is 0.889. The Morgan fingerprint density at radius 1 is 1.58 bits per heavy atom. The number of piperidine rings is 1. The van der Waals surface area contributed by atoms with Gasteiger partial charge in [0.2, 0.25) is 5.95 Å². The molecule has 0 radical (unpaired) electrons. The number of anilines is 1. The van der Waals surface area contributed by atoms with E-state index in [0.29, 0.717) is 17.6 Å². The lowest BCUT2D eigenvalue weighted by Gasteiger charge is -2.36. The first-order valence-corrected chi connectivity index (χ1v) is 6.37. The summed E-state index contributed by atoms with van der Waals surface area (Å²) in [6, 6.07) is 0. The maximum Gasteiger partial charge on any atom is 0.339 e. The molecule has 2 unspecified atom stereocenters. The molecule has 2 heterocycles. The lowest BCUT2D eigenvalue weighted by atomic mass is 9.96. The smallest absolute Gasteiger partial charge is 0.339 e. The Hall–Kier alpha value is -1.69. The average Bonchev–Trinajstić information content (AvgIpc) is 2.38. The molecule has 104 valence electrons. The summed E-state index contributed by atoms with van der Waals surface area (Å²) in [6.07, 6.45) is 2.55. The number of ether oxygens (including phenoxy) is 1. The van der Waals surface area contributed by atoms with Gasteiger partial charge in [-0.15, -0.1) is 0 Å². The second kappa shape index (κ2) is 5.52. The van der Waals surface area contributed by atoms with Crippen LogP contribution in [0.3, 0.4) is 0 Å². The number of hydrogen-bond donors (Lipinski definition) is 1. The van der Waals surface area contributed by atoms with Crippen molar-refractivity contribution in [1.82, 2.24) is 9.97 Å². The summed E-state index contributed by atoms with van der Waals surface area (Å²) in [5.41, 5.74) is 0.641. The average molecular weight is 265 g/mol. The highest BCUT2D eigenvalue weighted by Gasteiger charge is 2.27. The number of aromatic nitrogens is 2. The molecule has 0 saturated carbocycles. The van der Waals surface area contributed by atoms with Crippen molar-refractivity contribution in [3.8, 4) is 0 Å². The lowest BCUT2D eigenvalue weighted by Crippen LogP contribution is -2.44. The van der Waals surface area contributed by atoms with E-state index in [1.807, 2.05) is 4.90 Å². The third-order valence-electron chi connectivity index (χ3n) is 3.67. The van der Waals surface area contributed by atoms with Crippen LogP contribution < -0.4 is 4.90 Å². The highest BCUT2D eigenvalue weighted by atomic mass is 16.5. The molecule has 1 N–H and O–H groups in total. The lowest BCUT2D eigenvalue weighted by molar-refractivity contribution is 0.0494. The molecule has 0 amide bonds. The van der Waals surface area contributed by atoms with Crippen molar-refractivity contribution in [1.29, 1.82) is 0 Å². The van der Waals surface area contributed by atoms with Crippen molar-refractivity contribution in [2.75, 3.05) is 25.1 Å². The number of aryl methyl sites for hydroxylation is 1. The minimum absolute atomic E-state index is 0.150. The van der Waals surface area contributed by atoms with E-state index in [4.69, 9.17) is 9.84 Å². The van der Waals surface area contributed by atoms with Gasteiger partial charge < -0.3 is 14.7 Å². The molecule has 0 aromatic carbocycles. The number of aromatic carboxylic acids is 1. The number of methoxy groups -OCH3 is 1. The first kappa shape index (κ1) is 13.7. The Morgan fingerprint density at radius 2 is 2.32 bits per heavy atom. The highest BCUT2D eigenvalue weighted by molar-refractivity contribution is 5.88. The number of hydrogen-bond acceptors (Lipinski definition) is 5. The van der Waals surface area contributed by atoms with Gasteiger partial charge in [-0.2, -0.15) is 0 Å². The molecule has 0 aliphatic carbocycles. The van der Waals surface area contributed by atoms with Crippen LogP contribution in [0.2, 0.25) is 0 Å². The molecule has 0 bridgehead atoms. The van der Waals surface area contributed by atoms with Gasteiger partial charge in [-0.1, -0.05) is 6.92 Å². The van der Waals surface area contributed by atoms with Crippen LogP contribution in [0.1, 0.15) is 29.4 Å². The van der Waals surface area contributed by atoms with Crippen molar-refractivity contribution in [3.63, 3.8) is 0 Å². The van der Waals surface area contributed by atoms with Crippen LogP contribution in [0, 0.1) is 12.8 Å². The Bertz CT molecular complexity index is 478. The van der Waals surface area contributed by atoms with Gasteiger partial charge in [0.05, 0.1) is 17.4 Å². The second-order valence-electron chi connectivity index (χ2n) is 4.96. The van der Waals surface area contributed by atoms with Gasteiger partial charge in [0.1, 0.15) is 0 Å². The fourth-order valence-electron chi connectivity index (χ4n) is 2.34. The highest BCUT2D eigenvalue weighted by Crippen LogP contribution is 2.22. The predicted molar refractivity (Wildman–Crippen MR) is 70.5 cm³/mol. The first-order chi connectivity index (χ1) is 9.02. The molecule has 1 aromatic rings. The van der Waals surface area contributed by atoms with Gasteiger partial charge in [-0.3, -0.25) is 0 Å². The SMILES string of the molecule is COC1CN(c2ncc(C(=O)O)c(C)n2)CCC1C. The maximum atomic E-state index is 10.9. The molecule has 0 spiro atoms. The van der Waals surface area contributed by atoms with Crippen LogP contribution in [0.25, 0.3) is 0 Å². The molecule has 1 aliphatic heterocycles. The van der Waals surface area contributed by atoms with Crippen LogP contribution in [-0.2, 0) is 4.74 Å². The van der Waals surface area contributed by atoms with Crippen LogP contribution in [-0.4, -0.2) is 47.3 Å². The van der Waals surface area contributed by atoms with Crippen LogP contribution >= 0.6 is 0 Å². The van der Waals surface area contributed by atoms with Crippen LogP contribution in [0.4, 0.5) is 5.95 Å². The second-order valence-corrected chi connectivity index (χ2v) is 4.96. The zero-order chi connectivity index (χ0) is 14.0. The third-order valence-corrected chi connectivity index (χ3v) is 3.67. The molecule has 1 saturated heterocycles. The topological polar surface area (TPSA) is 75.5 Å². The number of rotatable bonds is 3. The van der Waals surface area contributed by atoms with Crippen LogP contribution in [0.5, 0.6) is 0 Å². The Morgan fingerprint density at radius 3 is 2.89 bits per heavy atom.